The quantitative estimate of drug-likeness (QED) is 0.470. The largest absolute Gasteiger partial charge is 0.494 e. The molecule has 4 rings (SSSR count). The molecule has 0 radical (unpaired) electrons. The first-order valence-corrected chi connectivity index (χ1v) is 9.17. The zero-order valence-corrected chi connectivity index (χ0v) is 15.6. The van der Waals surface area contributed by atoms with Gasteiger partial charge in [0.2, 0.25) is 16.9 Å². The van der Waals surface area contributed by atoms with Gasteiger partial charge in [0.15, 0.2) is 0 Å². The van der Waals surface area contributed by atoms with Crippen LogP contribution in [-0.4, -0.2) is 37.5 Å². The number of aromatic nitrogens is 6. The molecule has 136 valence electrons. The lowest BCUT2D eigenvalue weighted by atomic mass is 10.1. The van der Waals surface area contributed by atoms with Gasteiger partial charge in [0, 0.05) is 5.56 Å². The Hall–Kier alpha value is -3.20. The highest BCUT2D eigenvalue weighted by molar-refractivity contribution is 7.98. The summed E-state index contributed by atoms with van der Waals surface area (Å²) in [5, 5.41) is 20.8. The van der Waals surface area contributed by atoms with E-state index in [1.54, 1.807) is 11.8 Å². The zero-order chi connectivity index (χ0) is 18.6. The number of para-hydroxylation sites is 2. The molecule has 9 heteroatoms. The average molecular weight is 380 g/mol. The molecule has 0 saturated carbocycles. The molecule has 0 N–H and O–H groups in total. The minimum atomic E-state index is 0.453. The highest BCUT2D eigenvalue weighted by Gasteiger charge is 2.15. The number of ether oxygens (including phenoxy) is 1. The van der Waals surface area contributed by atoms with Crippen molar-refractivity contribution in [3.63, 3.8) is 0 Å². The maximum atomic E-state index is 5.77. The van der Waals surface area contributed by atoms with Crippen molar-refractivity contribution in [2.45, 2.75) is 17.8 Å². The van der Waals surface area contributed by atoms with Crippen molar-refractivity contribution in [1.82, 2.24) is 30.4 Å². The highest BCUT2D eigenvalue weighted by Crippen LogP contribution is 2.28. The van der Waals surface area contributed by atoms with Gasteiger partial charge < -0.3 is 9.15 Å². The molecule has 0 aliphatic carbocycles. The van der Waals surface area contributed by atoms with Crippen molar-refractivity contribution in [3.05, 3.63) is 60.0 Å². The van der Waals surface area contributed by atoms with Crippen LogP contribution in [0.5, 0.6) is 5.75 Å². The molecular weight excluding hydrogens is 364 g/mol. The monoisotopic (exact) mass is 380 g/mol. The Morgan fingerprint density at radius 1 is 1.07 bits per heavy atom. The normalized spacial score (nSPS) is 10.9. The molecule has 4 aromatic rings. The summed E-state index contributed by atoms with van der Waals surface area (Å²) in [5.41, 5.74) is 2.80. The fraction of sp³-hybridized carbons (Fsp3) is 0.167. The average Bonchev–Trinajstić information content (AvgIpc) is 3.35. The Labute approximate surface area is 159 Å². The molecule has 2 heterocycles. The van der Waals surface area contributed by atoms with Crippen LogP contribution < -0.4 is 4.74 Å². The molecule has 0 unspecified atom stereocenters. The van der Waals surface area contributed by atoms with E-state index < -0.39 is 0 Å². The van der Waals surface area contributed by atoms with Crippen molar-refractivity contribution < 1.29 is 9.15 Å². The van der Waals surface area contributed by atoms with Crippen LogP contribution in [0.2, 0.25) is 0 Å². The zero-order valence-electron chi connectivity index (χ0n) is 14.7. The smallest absolute Gasteiger partial charge is 0.247 e. The second-order valence-corrected chi connectivity index (χ2v) is 6.65. The number of hydrogen-bond acceptors (Lipinski definition) is 8. The topological polar surface area (TPSA) is 91.8 Å². The van der Waals surface area contributed by atoms with E-state index in [0.717, 1.165) is 16.8 Å². The highest BCUT2D eigenvalue weighted by atomic mass is 32.2. The van der Waals surface area contributed by atoms with Gasteiger partial charge in [-0.15, -0.1) is 15.3 Å². The minimum absolute atomic E-state index is 0.453. The van der Waals surface area contributed by atoms with Crippen molar-refractivity contribution in [3.8, 4) is 22.9 Å². The van der Waals surface area contributed by atoms with Gasteiger partial charge in [-0.2, -0.15) is 4.68 Å². The number of benzene rings is 2. The van der Waals surface area contributed by atoms with Crippen LogP contribution >= 0.6 is 11.8 Å². The van der Waals surface area contributed by atoms with Crippen LogP contribution in [0, 0.1) is 6.92 Å². The molecular formula is C18H16N6O2S. The van der Waals surface area contributed by atoms with E-state index in [4.69, 9.17) is 9.15 Å². The number of nitrogens with zero attached hydrogens (tertiary/aromatic N) is 6. The van der Waals surface area contributed by atoms with Crippen LogP contribution in [0.15, 0.2) is 58.1 Å². The van der Waals surface area contributed by atoms with E-state index in [-0.39, 0.29) is 0 Å². The third-order valence-corrected chi connectivity index (χ3v) is 4.71. The Bertz CT molecular complexity index is 1060. The van der Waals surface area contributed by atoms with Crippen LogP contribution in [-0.2, 0) is 5.75 Å². The number of methoxy groups -OCH3 is 1. The first-order chi connectivity index (χ1) is 13.2. The van der Waals surface area contributed by atoms with Gasteiger partial charge in [-0.05, 0) is 41.6 Å². The van der Waals surface area contributed by atoms with Gasteiger partial charge in [-0.3, -0.25) is 0 Å². The molecule has 0 aliphatic rings. The SMILES string of the molecule is COc1ccccc1-n1nnnc1SCc1nnc(-c2cccc(C)c2)o1. The molecule has 8 nitrogen and oxygen atoms in total. The predicted molar refractivity (Wildman–Crippen MR) is 99.7 cm³/mol. The summed E-state index contributed by atoms with van der Waals surface area (Å²) in [5.74, 6) is 2.14. The summed E-state index contributed by atoms with van der Waals surface area (Å²) in [6.45, 7) is 2.02. The van der Waals surface area contributed by atoms with Crippen LogP contribution in [0.1, 0.15) is 11.5 Å². The Morgan fingerprint density at radius 2 is 1.96 bits per heavy atom. The van der Waals surface area contributed by atoms with Crippen molar-refractivity contribution in [2.24, 2.45) is 0 Å². The molecule has 0 fully saturated rings. The lowest BCUT2D eigenvalue weighted by Crippen LogP contribution is -2.01. The van der Waals surface area contributed by atoms with Gasteiger partial charge in [0.25, 0.3) is 0 Å². The van der Waals surface area contributed by atoms with E-state index >= 15 is 0 Å². The second kappa shape index (κ2) is 7.58. The summed E-state index contributed by atoms with van der Waals surface area (Å²) in [6, 6.07) is 15.5. The van der Waals surface area contributed by atoms with Crippen molar-refractivity contribution >= 4 is 11.8 Å². The van der Waals surface area contributed by atoms with Crippen LogP contribution in [0.3, 0.4) is 0 Å². The van der Waals surface area contributed by atoms with Crippen LogP contribution in [0.25, 0.3) is 17.1 Å². The van der Waals surface area contributed by atoms with Crippen molar-refractivity contribution in [2.75, 3.05) is 7.11 Å². The van der Waals surface area contributed by atoms with E-state index in [1.165, 1.54) is 11.8 Å². The van der Waals surface area contributed by atoms with Gasteiger partial charge in [0.1, 0.15) is 11.4 Å². The standard InChI is InChI=1S/C18H16N6O2S/c1-12-6-5-7-13(10-12)17-20-19-16(26-17)11-27-18-21-22-23-24(18)14-8-3-4-9-15(14)25-2/h3-10H,11H2,1-2H3. The number of hydrogen-bond donors (Lipinski definition) is 0. The summed E-state index contributed by atoms with van der Waals surface area (Å²) in [4.78, 5) is 0. The molecule has 27 heavy (non-hydrogen) atoms. The van der Waals surface area contributed by atoms with Gasteiger partial charge in [-0.1, -0.05) is 41.6 Å². The number of thioether (sulfide) groups is 1. The molecule has 0 aliphatic heterocycles. The Morgan fingerprint density at radius 3 is 2.81 bits per heavy atom. The fourth-order valence-corrected chi connectivity index (χ4v) is 3.28. The fourth-order valence-electron chi connectivity index (χ4n) is 2.56. The Kier molecular flexibility index (Phi) is 4.84. The van der Waals surface area contributed by atoms with Gasteiger partial charge in [0.05, 0.1) is 12.9 Å². The summed E-state index contributed by atoms with van der Waals surface area (Å²) in [7, 11) is 1.61. The first-order valence-electron chi connectivity index (χ1n) is 8.18. The first kappa shape index (κ1) is 17.2. The van der Waals surface area contributed by atoms with Gasteiger partial charge in [-0.25, -0.2) is 0 Å². The second-order valence-electron chi connectivity index (χ2n) is 5.70. The molecule has 0 atom stereocenters. The van der Waals surface area contributed by atoms with E-state index in [0.29, 0.717) is 28.4 Å². The number of tetrazole rings is 1. The third kappa shape index (κ3) is 3.68. The van der Waals surface area contributed by atoms with Crippen LogP contribution in [0.4, 0.5) is 0 Å². The van der Waals surface area contributed by atoms with E-state index in [2.05, 4.69) is 25.7 Å². The molecule has 0 saturated heterocycles. The van der Waals surface area contributed by atoms with Crippen molar-refractivity contribution in [1.29, 1.82) is 0 Å². The molecule has 0 bridgehead atoms. The minimum Gasteiger partial charge on any atom is -0.494 e. The number of rotatable bonds is 6. The lowest BCUT2D eigenvalue weighted by molar-refractivity contribution is 0.410. The molecule has 2 aromatic heterocycles. The number of aryl methyl sites for hydroxylation is 1. The van der Waals surface area contributed by atoms with E-state index in [9.17, 15) is 0 Å². The summed E-state index contributed by atoms with van der Waals surface area (Å²) in [6.07, 6.45) is 0. The maximum Gasteiger partial charge on any atom is 0.247 e. The Balaban J connectivity index is 1.52. The maximum absolute atomic E-state index is 5.77. The molecule has 0 spiro atoms. The molecule has 2 aromatic carbocycles. The molecule has 0 amide bonds. The summed E-state index contributed by atoms with van der Waals surface area (Å²) < 4.78 is 12.8. The van der Waals surface area contributed by atoms with E-state index in [1.807, 2.05) is 55.5 Å². The van der Waals surface area contributed by atoms with Gasteiger partial charge >= 0.3 is 0 Å². The third-order valence-electron chi connectivity index (χ3n) is 3.81. The summed E-state index contributed by atoms with van der Waals surface area (Å²) >= 11 is 1.41. The predicted octanol–water partition coefficient (Wildman–Crippen LogP) is 3.32. The lowest BCUT2D eigenvalue weighted by Gasteiger charge is -2.08.